The van der Waals surface area contributed by atoms with Gasteiger partial charge in [-0.25, -0.2) is 9.07 Å². The van der Waals surface area contributed by atoms with Gasteiger partial charge in [-0.15, -0.1) is 0 Å². The molecule has 0 radical (unpaired) electrons. The lowest BCUT2D eigenvalue weighted by atomic mass is 9.65. The third-order valence-electron chi connectivity index (χ3n) is 7.45. The average molecular weight is 419 g/mol. The van der Waals surface area contributed by atoms with E-state index in [4.69, 9.17) is 0 Å². The van der Waals surface area contributed by atoms with Crippen LogP contribution in [0.4, 0.5) is 4.39 Å². The summed E-state index contributed by atoms with van der Waals surface area (Å²) in [6.45, 7) is 2.19. The monoisotopic (exact) mass is 418 g/mol. The first kappa shape index (κ1) is 20.2. The Labute approximate surface area is 181 Å². The van der Waals surface area contributed by atoms with Crippen molar-refractivity contribution >= 4 is 6.08 Å². The minimum atomic E-state index is -0.808. The number of hydrogen-bond acceptors (Lipinski definition) is 3. The molecule has 0 aliphatic heterocycles. The number of halogens is 1. The number of aromatic nitrogens is 2. The summed E-state index contributed by atoms with van der Waals surface area (Å²) in [5, 5.41) is 26.0. The first-order valence-electron chi connectivity index (χ1n) is 10.9. The molecule has 2 N–H and O–H groups in total. The molecule has 1 heterocycles. The van der Waals surface area contributed by atoms with Gasteiger partial charge in [0.15, 0.2) is 0 Å². The van der Waals surface area contributed by atoms with Crippen LogP contribution >= 0.6 is 0 Å². The lowest BCUT2D eigenvalue weighted by Gasteiger charge is -2.42. The zero-order valence-corrected chi connectivity index (χ0v) is 17.7. The predicted molar refractivity (Wildman–Crippen MR) is 118 cm³/mol. The van der Waals surface area contributed by atoms with Crippen LogP contribution in [0.2, 0.25) is 0 Å². The van der Waals surface area contributed by atoms with Crippen LogP contribution in [0.15, 0.2) is 60.3 Å². The van der Waals surface area contributed by atoms with E-state index in [9.17, 15) is 14.6 Å². The lowest BCUT2D eigenvalue weighted by Crippen LogP contribution is -2.45. The van der Waals surface area contributed by atoms with Crippen molar-refractivity contribution in [3.63, 3.8) is 0 Å². The molecule has 0 spiro atoms. The van der Waals surface area contributed by atoms with E-state index in [0.29, 0.717) is 6.42 Å². The second-order valence-corrected chi connectivity index (χ2v) is 9.08. The average Bonchev–Trinajstić information content (AvgIpc) is 3.29. The molecule has 0 bridgehead atoms. The van der Waals surface area contributed by atoms with Crippen molar-refractivity contribution < 1.29 is 14.6 Å². The van der Waals surface area contributed by atoms with E-state index in [1.54, 1.807) is 12.1 Å². The van der Waals surface area contributed by atoms with Gasteiger partial charge in [-0.05, 0) is 79.1 Å². The normalized spacial score (nSPS) is 24.6. The van der Waals surface area contributed by atoms with Crippen molar-refractivity contribution in [2.75, 3.05) is 0 Å². The third-order valence-corrected chi connectivity index (χ3v) is 7.45. The van der Waals surface area contributed by atoms with Gasteiger partial charge < -0.3 is 10.2 Å². The van der Waals surface area contributed by atoms with E-state index in [1.807, 2.05) is 35.1 Å². The number of aliphatic hydroxyl groups is 2. The Bertz CT molecular complexity index is 1150. The molecule has 2 aromatic carbocycles. The Kier molecular flexibility index (Phi) is 4.83. The van der Waals surface area contributed by atoms with E-state index in [-0.39, 0.29) is 17.8 Å². The van der Waals surface area contributed by atoms with Crippen LogP contribution in [0.25, 0.3) is 11.8 Å². The molecule has 0 saturated heterocycles. The van der Waals surface area contributed by atoms with E-state index in [1.165, 1.54) is 17.7 Å². The number of hydrogen-bond donors (Lipinski definition) is 2. The standard InChI is InChI=1S/C26H27FN2O2/c1-25-15-20-16-28-29(23-8-6-22(27)7-9-23)24(20)14-21(25)11-13-26(25,31)12-10-18-4-2-3-5-19(18)17-30/h2-9,14,16,30-31H,10-13,15,17H2,1H3/t25-,26-/m0/s1. The summed E-state index contributed by atoms with van der Waals surface area (Å²) in [5.41, 5.74) is 5.08. The Morgan fingerprint density at radius 2 is 1.84 bits per heavy atom. The maximum absolute atomic E-state index is 13.3. The topological polar surface area (TPSA) is 58.3 Å². The van der Waals surface area contributed by atoms with Crippen LogP contribution in [0.1, 0.15) is 48.6 Å². The Morgan fingerprint density at radius 1 is 1.10 bits per heavy atom. The van der Waals surface area contributed by atoms with Crippen molar-refractivity contribution in [3.05, 3.63) is 88.5 Å². The molecule has 0 unspecified atom stereocenters. The Balaban J connectivity index is 1.44. The largest absolute Gasteiger partial charge is 0.392 e. The first-order valence-corrected chi connectivity index (χ1v) is 10.9. The van der Waals surface area contributed by atoms with Gasteiger partial charge in [0.2, 0.25) is 0 Å². The molecule has 4 nitrogen and oxygen atoms in total. The van der Waals surface area contributed by atoms with Crippen LogP contribution < -0.4 is 0 Å². The Hall–Kier alpha value is -2.76. The van der Waals surface area contributed by atoms with Crippen LogP contribution in [0, 0.1) is 11.2 Å². The number of aryl methyl sites for hydroxylation is 1. The van der Waals surface area contributed by atoms with Crippen LogP contribution in [0.3, 0.4) is 0 Å². The third kappa shape index (κ3) is 3.24. The molecule has 5 rings (SSSR count). The van der Waals surface area contributed by atoms with Crippen molar-refractivity contribution in [1.29, 1.82) is 0 Å². The van der Waals surface area contributed by atoms with Crippen LogP contribution in [0.5, 0.6) is 0 Å². The number of rotatable bonds is 5. The summed E-state index contributed by atoms with van der Waals surface area (Å²) in [4.78, 5) is 0. The molecule has 1 fully saturated rings. The summed E-state index contributed by atoms with van der Waals surface area (Å²) in [7, 11) is 0. The highest BCUT2D eigenvalue weighted by atomic mass is 19.1. The van der Waals surface area contributed by atoms with Crippen LogP contribution in [-0.4, -0.2) is 25.6 Å². The summed E-state index contributed by atoms with van der Waals surface area (Å²) in [6.07, 6.45) is 7.74. The molecular formula is C26H27FN2O2. The number of aliphatic hydroxyl groups excluding tert-OH is 1. The zero-order valence-electron chi connectivity index (χ0n) is 17.7. The molecule has 2 aliphatic rings. The summed E-state index contributed by atoms with van der Waals surface area (Å²) in [5.74, 6) is -0.265. The summed E-state index contributed by atoms with van der Waals surface area (Å²) < 4.78 is 15.2. The van der Waals surface area contributed by atoms with Gasteiger partial charge in [-0.1, -0.05) is 36.8 Å². The number of fused-ring (bicyclic) bond motifs is 2. The molecule has 1 aromatic heterocycles. The highest BCUT2D eigenvalue weighted by Crippen LogP contribution is 2.56. The highest BCUT2D eigenvalue weighted by Gasteiger charge is 2.54. The minimum absolute atomic E-state index is 0.0168. The lowest BCUT2D eigenvalue weighted by molar-refractivity contribution is -0.0462. The smallest absolute Gasteiger partial charge is 0.123 e. The fourth-order valence-electron chi connectivity index (χ4n) is 5.42. The van der Waals surface area contributed by atoms with Crippen LogP contribution in [-0.2, 0) is 19.4 Å². The minimum Gasteiger partial charge on any atom is -0.392 e. The maximum Gasteiger partial charge on any atom is 0.123 e. The van der Waals surface area contributed by atoms with Gasteiger partial charge in [0.05, 0.1) is 29.8 Å². The fraction of sp³-hybridized carbons (Fsp3) is 0.346. The zero-order chi connectivity index (χ0) is 21.6. The fourth-order valence-corrected chi connectivity index (χ4v) is 5.42. The summed E-state index contributed by atoms with van der Waals surface area (Å²) >= 11 is 0. The molecule has 5 heteroatoms. The van der Waals surface area contributed by atoms with Gasteiger partial charge in [0.25, 0.3) is 0 Å². The van der Waals surface area contributed by atoms with E-state index >= 15 is 0 Å². The maximum atomic E-state index is 13.3. The molecule has 2 aliphatic carbocycles. The second kappa shape index (κ2) is 7.43. The van der Waals surface area contributed by atoms with Gasteiger partial charge in [0, 0.05) is 5.41 Å². The molecule has 3 aromatic rings. The van der Waals surface area contributed by atoms with E-state index in [0.717, 1.165) is 53.8 Å². The highest BCUT2D eigenvalue weighted by molar-refractivity contribution is 5.62. The van der Waals surface area contributed by atoms with E-state index < -0.39 is 5.60 Å². The molecular weight excluding hydrogens is 391 g/mol. The van der Waals surface area contributed by atoms with Crippen molar-refractivity contribution in [1.82, 2.24) is 9.78 Å². The van der Waals surface area contributed by atoms with Crippen molar-refractivity contribution in [2.45, 2.75) is 51.2 Å². The van der Waals surface area contributed by atoms with Gasteiger partial charge in [-0.2, -0.15) is 5.10 Å². The van der Waals surface area contributed by atoms with Gasteiger partial charge in [-0.3, -0.25) is 0 Å². The number of nitrogens with zero attached hydrogens (tertiary/aromatic N) is 2. The SMILES string of the molecule is C[C@]12Cc3cnn(-c4ccc(F)cc4)c3C=C1CC[C@@]2(O)CCc1ccccc1CO. The quantitative estimate of drug-likeness (QED) is 0.636. The second-order valence-electron chi connectivity index (χ2n) is 9.08. The molecule has 1 saturated carbocycles. The summed E-state index contributed by atoms with van der Waals surface area (Å²) in [6, 6.07) is 14.3. The van der Waals surface area contributed by atoms with Crippen molar-refractivity contribution in [3.8, 4) is 5.69 Å². The van der Waals surface area contributed by atoms with Gasteiger partial charge >= 0.3 is 0 Å². The van der Waals surface area contributed by atoms with Crippen molar-refractivity contribution in [2.24, 2.45) is 5.41 Å². The predicted octanol–water partition coefficient (Wildman–Crippen LogP) is 4.61. The molecule has 31 heavy (non-hydrogen) atoms. The first-order chi connectivity index (χ1) is 14.9. The number of benzene rings is 2. The molecule has 160 valence electrons. The Morgan fingerprint density at radius 3 is 2.58 bits per heavy atom. The van der Waals surface area contributed by atoms with E-state index in [2.05, 4.69) is 18.1 Å². The molecule has 2 atom stereocenters. The van der Waals surface area contributed by atoms with Gasteiger partial charge in [0.1, 0.15) is 5.82 Å². The molecule has 0 amide bonds.